The predicted octanol–water partition coefficient (Wildman–Crippen LogP) is 5.97. The minimum Gasteiger partial charge on any atom is -0.464 e. The monoisotopic (exact) mass is 549 g/mol. The van der Waals surface area contributed by atoms with E-state index >= 15 is 0 Å². The van der Waals surface area contributed by atoms with Crippen molar-refractivity contribution in [2.45, 2.75) is 19.1 Å². The maximum absolute atomic E-state index is 13.5. The van der Waals surface area contributed by atoms with Gasteiger partial charge in [0.15, 0.2) is 0 Å². The van der Waals surface area contributed by atoms with Gasteiger partial charge in [-0.25, -0.2) is 9.37 Å². The highest BCUT2D eigenvalue weighted by molar-refractivity contribution is 7.99. The minimum atomic E-state index is -4.62. The molecule has 5 rings (SSSR count). The van der Waals surface area contributed by atoms with E-state index in [0.29, 0.717) is 27.1 Å². The van der Waals surface area contributed by atoms with Crippen molar-refractivity contribution in [2.24, 2.45) is 0 Å². The number of thiazole rings is 1. The third-order valence-corrected chi connectivity index (χ3v) is 8.05. The van der Waals surface area contributed by atoms with Crippen molar-refractivity contribution in [1.29, 1.82) is 0 Å². The fraction of sp³-hybridized carbons (Fsp3) is 0.240. The highest BCUT2D eigenvalue weighted by Gasteiger charge is 2.36. The van der Waals surface area contributed by atoms with Gasteiger partial charge in [0.2, 0.25) is 0 Å². The molecular weight excluding hydrogens is 530 g/mol. The molecule has 2 aromatic carbocycles. The topological polar surface area (TPSA) is 75.4 Å². The van der Waals surface area contributed by atoms with E-state index in [1.807, 2.05) is 0 Å². The first kappa shape index (κ1) is 25.3. The van der Waals surface area contributed by atoms with Gasteiger partial charge in [-0.2, -0.15) is 13.2 Å². The van der Waals surface area contributed by atoms with Crippen LogP contribution in [0, 0.1) is 12.7 Å². The van der Waals surface area contributed by atoms with E-state index in [1.165, 1.54) is 41.3 Å². The van der Waals surface area contributed by atoms with Gasteiger partial charge in [-0.05, 0) is 42.8 Å². The molecule has 1 saturated heterocycles. The lowest BCUT2D eigenvalue weighted by Gasteiger charge is -2.24. The first-order valence-electron chi connectivity index (χ1n) is 11.1. The lowest BCUT2D eigenvalue weighted by molar-refractivity contribution is -0.136. The van der Waals surface area contributed by atoms with Gasteiger partial charge >= 0.3 is 6.18 Å². The third-order valence-electron chi connectivity index (χ3n) is 5.95. The Bertz CT molecular complexity index is 1480. The number of hydrogen-bond acceptors (Lipinski definition) is 6. The Kier molecular flexibility index (Phi) is 6.71. The van der Waals surface area contributed by atoms with E-state index in [9.17, 15) is 27.2 Å². The number of benzene rings is 2. The van der Waals surface area contributed by atoms with Crippen LogP contribution in [-0.2, 0) is 6.18 Å². The second-order valence-corrected chi connectivity index (χ2v) is 10.6. The number of rotatable bonds is 5. The van der Waals surface area contributed by atoms with E-state index in [2.05, 4.69) is 10.3 Å². The summed E-state index contributed by atoms with van der Waals surface area (Å²) in [6, 6.07) is 8.74. The van der Waals surface area contributed by atoms with Crippen molar-refractivity contribution < 1.29 is 31.6 Å². The smallest absolute Gasteiger partial charge is 0.420 e. The van der Waals surface area contributed by atoms with Crippen LogP contribution in [0.3, 0.4) is 0 Å². The van der Waals surface area contributed by atoms with Gasteiger partial charge in [0, 0.05) is 17.7 Å². The van der Waals surface area contributed by atoms with Gasteiger partial charge in [0.25, 0.3) is 11.8 Å². The molecule has 1 atom stereocenters. The molecule has 0 spiro atoms. The normalized spacial score (nSPS) is 15.9. The molecule has 1 aliphatic heterocycles. The maximum atomic E-state index is 13.5. The van der Waals surface area contributed by atoms with Crippen molar-refractivity contribution in [3.63, 3.8) is 0 Å². The van der Waals surface area contributed by atoms with Crippen LogP contribution in [0.5, 0.6) is 0 Å². The van der Waals surface area contributed by atoms with E-state index in [0.717, 1.165) is 18.4 Å². The number of nitrogens with zero attached hydrogens (tertiary/aromatic N) is 2. The Morgan fingerprint density at radius 3 is 2.65 bits per heavy atom. The van der Waals surface area contributed by atoms with Gasteiger partial charge < -0.3 is 14.6 Å². The van der Waals surface area contributed by atoms with Crippen molar-refractivity contribution in [3.8, 4) is 10.4 Å². The Labute approximate surface area is 216 Å². The molecule has 1 fully saturated rings. The molecule has 0 unspecified atom stereocenters. The lowest BCUT2D eigenvalue weighted by atomic mass is 10.0. The molecule has 3 heterocycles. The average Bonchev–Trinajstić information content (AvgIpc) is 3.61. The quantitative estimate of drug-likeness (QED) is 0.311. The summed E-state index contributed by atoms with van der Waals surface area (Å²) >= 11 is 2.86. The predicted molar refractivity (Wildman–Crippen MR) is 133 cm³/mol. The Balaban J connectivity index is 1.33. The van der Waals surface area contributed by atoms with Crippen LogP contribution in [0.2, 0.25) is 0 Å². The molecule has 2 amide bonds. The molecule has 192 valence electrons. The molecular formula is C25H19F4N3O3S2. The van der Waals surface area contributed by atoms with Gasteiger partial charge in [0.1, 0.15) is 17.1 Å². The summed E-state index contributed by atoms with van der Waals surface area (Å²) in [5, 5.41) is 3.49. The summed E-state index contributed by atoms with van der Waals surface area (Å²) in [5.41, 5.74) is -0.368. The van der Waals surface area contributed by atoms with Crippen LogP contribution < -0.4 is 5.32 Å². The second-order valence-electron chi connectivity index (χ2n) is 8.38. The van der Waals surface area contributed by atoms with Crippen molar-refractivity contribution in [2.75, 3.05) is 18.2 Å². The molecule has 37 heavy (non-hydrogen) atoms. The summed E-state index contributed by atoms with van der Waals surface area (Å²) in [6.45, 7) is 1.89. The number of halogens is 4. The van der Waals surface area contributed by atoms with Gasteiger partial charge in [-0.3, -0.25) is 9.59 Å². The number of amides is 2. The highest BCUT2D eigenvalue weighted by Crippen LogP contribution is 2.37. The minimum absolute atomic E-state index is 0.0500. The number of furan rings is 1. The van der Waals surface area contributed by atoms with Gasteiger partial charge in [-0.15, -0.1) is 23.1 Å². The van der Waals surface area contributed by atoms with Crippen LogP contribution in [0.4, 0.5) is 17.6 Å². The number of hydrogen-bond donors (Lipinski definition) is 1. The van der Waals surface area contributed by atoms with Crippen LogP contribution >= 0.6 is 23.1 Å². The van der Waals surface area contributed by atoms with Crippen molar-refractivity contribution in [1.82, 2.24) is 15.2 Å². The second kappa shape index (κ2) is 9.82. The Morgan fingerprint density at radius 2 is 1.92 bits per heavy atom. The largest absolute Gasteiger partial charge is 0.464 e. The molecule has 0 aliphatic carbocycles. The molecule has 0 radical (unpaired) electrons. The molecule has 1 N–H and O–H groups in total. The molecule has 4 aromatic rings. The summed E-state index contributed by atoms with van der Waals surface area (Å²) in [6.07, 6.45) is -3.51. The molecule has 0 saturated carbocycles. The zero-order valence-corrected chi connectivity index (χ0v) is 20.9. The van der Waals surface area contributed by atoms with Crippen molar-refractivity contribution >= 4 is 45.9 Å². The first-order chi connectivity index (χ1) is 17.6. The number of fused-ring (bicyclic) bond motifs is 1. The van der Waals surface area contributed by atoms with Gasteiger partial charge in [0.05, 0.1) is 39.2 Å². The summed E-state index contributed by atoms with van der Waals surface area (Å²) in [4.78, 5) is 33.0. The number of nitrogens with one attached hydrogen (secondary N) is 1. The summed E-state index contributed by atoms with van der Waals surface area (Å²) < 4.78 is 58.2. The number of aromatic nitrogens is 1. The zero-order valence-electron chi connectivity index (χ0n) is 19.3. The summed E-state index contributed by atoms with van der Waals surface area (Å²) in [5.74, 6) is -0.300. The number of carbonyl (C=O) groups excluding carboxylic acids is 2. The van der Waals surface area contributed by atoms with Crippen LogP contribution in [0.1, 0.15) is 31.4 Å². The Hall–Kier alpha value is -3.38. The summed E-state index contributed by atoms with van der Waals surface area (Å²) in [7, 11) is 0. The molecule has 1 aliphatic rings. The zero-order chi connectivity index (χ0) is 26.3. The average molecular weight is 550 g/mol. The third kappa shape index (κ3) is 4.95. The molecule has 12 heteroatoms. The molecule has 0 bridgehead atoms. The Morgan fingerprint density at radius 1 is 1.16 bits per heavy atom. The number of aryl methyl sites for hydroxylation is 1. The fourth-order valence-corrected chi connectivity index (χ4v) is 6.29. The van der Waals surface area contributed by atoms with E-state index in [4.69, 9.17) is 4.42 Å². The molecule has 6 nitrogen and oxygen atoms in total. The number of carbonyl (C=O) groups is 2. The fourth-order valence-electron chi connectivity index (χ4n) is 4.17. The number of thioether (sulfide) groups is 1. The van der Waals surface area contributed by atoms with E-state index < -0.39 is 23.2 Å². The van der Waals surface area contributed by atoms with Crippen LogP contribution in [0.15, 0.2) is 53.1 Å². The van der Waals surface area contributed by atoms with Crippen molar-refractivity contribution in [3.05, 3.63) is 76.4 Å². The molecule has 2 aromatic heterocycles. The lowest BCUT2D eigenvalue weighted by Crippen LogP contribution is -2.44. The van der Waals surface area contributed by atoms with E-state index in [-0.39, 0.29) is 41.0 Å². The standard InChI is InChI=1S/C25H19F4N3O3S2/c1-13-31-20(22(37-13)14-2-4-15(26)5-3-14)24(34)32-12-36-11-16(32)10-30-23(33)18-6-7-19(25(27,28)29)21-17(18)8-9-35-21/h2-9,16H,10-12H2,1H3,(H,30,33)/t16-/m1/s1. The maximum Gasteiger partial charge on any atom is 0.420 e. The first-order valence-corrected chi connectivity index (χ1v) is 13.1. The number of alkyl halides is 3. The van der Waals surface area contributed by atoms with E-state index in [1.54, 1.807) is 24.0 Å². The van der Waals surface area contributed by atoms with Gasteiger partial charge in [-0.1, -0.05) is 12.1 Å². The highest BCUT2D eigenvalue weighted by atomic mass is 32.2. The SMILES string of the molecule is Cc1nc(C(=O)N2CSC[C@H]2CNC(=O)c2ccc(C(F)(F)F)c3occc23)c(-c2ccc(F)cc2)s1. The van der Waals surface area contributed by atoms with Crippen LogP contribution in [0.25, 0.3) is 21.4 Å². The van der Waals surface area contributed by atoms with Crippen LogP contribution in [-0.4, -0.2) is 45.9 Å².